The van der Waals surface area contributed by atoms with Gasteiger partial charge in [0, 0.05) is 0 Å². The molecule has 0 bridgehead atoms. The number of hydrogen-bond donors (Lipinski definition) is 4. The average molecular weight is 270 g/mol. The Morgan fingerprint density at radius 3 is 2.37 bits per heavy atom. The van der Waals surface area contributed by atoms with Crippen LogP contribution in [0.3, 0.4) is 0 Å². The molecule has 106 valence electrons. The van der Waals surface area contributed by atoms with Crippen LogP contribution >= 0.6 is 0 Å². The molecule has 2 unspecified atom stereocenters. The molecule has 19 heavy (non-hydrogen) atoms. The third kappa shape index (κ3) is 3.30. The van der Waals surface area contributed by atoms with E-state index in [0.29, 0.717) is 0 Å². The van der Waals surface area contributed by atoms with E-state index in [1.54, 1.807) is 0 Å². The van der Waals surface area contributed by atoms with Crippen molar-refractivity contribution in [1.29, 1.82) is 0 Å². The van der Waals surface area contributed by atoms with Gasteiger partial charge in [-0.05, 0) is 5.56 Å². The van der Waals surface area contributed by atoms with Crippen LogP contribution in [0.15, 0.2) is 30.3 Å². The minimum absolute atomic E-state index is 0.185. The van der Waals surface area contributed by atoms with Crippen molar-refractivity contribution in [3.05, 3.63) is 35.9 Å². The van der Waals surface area contributed by atoms with Crippen LogP contribution in [0.1, 0.15) is 5.56 Å². The second-order valence-electron chi connectivity index (χ2n) is 4.49. The molecule has 1 aliphatic rings. The molecule has 0 aliphatic carbocycles. The maximum atomic E-state index is 9.91. The van der Waals surface area contributed by atoms with E-state index < -0.39 is 37.3 Å². The molecule has 4 N–H and O–H groups in total. The van der Waals surface area contributed by atoms with Crippen LogP contribution in [-0.2, 0) is 16.1 Å². The van der Waals surface area contributed by atoms with E-state index >= 15 is 0 Å². The molecule has 1 heterocycles. The number of aliphatic hydroxyl groups excluding tert-OH is 4. The van der Waals surface area contributed by atoms with Crippen molar-refractivity contribution in [2.75, 3.05) is 6.61 Å². The lowest BCUT2D eigenvalue weighted by Crippen LogP contribution is -2.59. The van der Waals surface area contributed by atoms with Gasteiger partial charge in [0.25, 0.3) is 0 Å². The second-order valence-corrected chi connectivity index (χ2v) is 4.49. The predicted octanol–water partition coefficient (Wildman–Crippen LogP) is -0.997. The van der Waals surface area contributed by atoms with Gasteiger partial charge in [-0.15, -0.1) is 0 Å². The van der Waals surface area contributed by atoms with E-state index in [0.717, 1.165) is 5.56 Å². The molecule has 0 aromatic heterocycles. The van der Waals surface area contributed by atoms with Gasteiger partial charge in [-0.2, -0.15) is 0 Å². The summed E-state index contributed by atoms with van der Waals surface area (Å²) in [7, 11) is 0. The average Bonchev–Trinajstić information content (AvgIpc) is 2.44. The zero-order valence-electron chi connectivity index (χ0n) is 10.3. The Balaban J connectivity index is 2.00. The third-order valence-electron chi connectivity index (χ3n) is 3.13. The molecular formula is C13H18O6. The van der Waals surface area contributed by atoms with Crippen LogP contribution in [0, 0.1) is 0 Å². The molecule has 0 spiro atoms. The Morgan fingerprint density at radius 2 is 1.74 bits per heavy atom. The van der Waals surface area contributed by atoms with E-state index in [4.69, 9.17) is 14.6 Å². The van der Waals surface area contributed by atoms with Crippen molar-refractivity contribution in [1.82, 2.24) is 0 Å². The van der Waals surface area contributed by atoms with E-state index in [1.807, 2.05) is 30.3 Å². The van der Waals surface area contributed by atoms with E-state index in [1.165, 1.54) is 0 Å². The summed E-state index contributed by atoms with van der Waals surface area (Å²) in [6.07, 6.45) is -6.03. The molecule has 6 nitrogen and oxygen atoms in total. The van der Waals surface area contributed by atoms with Crippen LogP contribution in [0.5, 0.6) is 0 Å². The highest BCUT2D eigenvalue weighted by atomic mass is 16.6. The summed E-state index contributed by atoms with van der Waals surface area (Å²) < 4.78 is 10.3. The lowest BCUT2D eigenvalue weighted by molar-refractivity contribution is -0.296. The first-order chi connectivity index (χ1) is 9.13. The second kappa shape index (κ2) is 6.42. The van der Waals surface area contributed by atoms with Crippen LogP contribution < -0.4 is 0 Å². The summed E-state index contributed by atoms with van der Waals surface area (Å²) in [5, 5.41) is 38.2. The molecule has 1 saturated heterocycles. The highest BCUT2D eigenvalue weighted by Gasteiger charge is 2.44. The van der Waals surface area contributed by atoms with Gasteiger partial charge < -0.3 is 29.9 Å². The van der Waals surface area contributed by atoms with Crippen LogP contribution in [0.25, 0.3) is 0 Å². The monoisotopic (exact) mass is 270 g/mol. The zero-order valence-corrected chi connectivity index (χ0v) is 10.3. The Hall–Kier alpha value is -1.02. The Bertz CT molecular complexity index is 384. The highest BCUT2D eigenvalue weighted by molar-refractivity contribution is 5.13. The van der Waals surface area contributed by atoms with Crippen molar-refractivity contribution in [2.24, 2.45) is 0 Å². The molecule has 0 radical (unpaired) electrons. The highest BCUT2D eigenvalue weighted by Crippen LogP contribution is 2.23. The molecular weight excluding hydrogens is 252 g/mol. The summed E-state index contributed by atoms with van der Waals surface area (Å²) >= 11 is 0. The molecule has 1 aromatic carbocycles. The summed E-state index contributed by atoms with van der Waals surface area (Å²) in [4.78, 5) is 0. The smallest absolute Gasteiger partial charge is 0.184 e. The fourth-order valence-electron chi connectivity index (χ4n) is 2.03. The molecule has 1 fully saturated rings. The maximum absolute atomic E-state index is 9.91. The van der Waals surface area contributed by atoms with E-state index in [-0.39, 0.29) is 6.61 Å². The van der Waals surface area contributed by atoms with Gasteiger partial charge in [-0.3, -0.25) is 0 Å². The van der Waals surface area contributed by atoms with Gasteiger partial charge in [0.2, 0.25) is 0 Å². The standard InChI is InChI=1S/C13H18O6/c14-6-9-10(15)12(11(16)13(17)19-9)18-7-8-4-2-1-3-5-8/h1-5,9-17H,6-7H2/t9?,10-,11?,12+,13+/m0/s1. The van der Waals surface area contributed by atoms with Gasteiger partial charge in [-0.1, -0.05) is 30.3 Å². The summed E-state index contributed by atoms with van der Waals surface area (Å²) in [6, 6.07) is 9.26. The SMILES string of the molecule is OCC1O[C@@H](O)C(O)[C@H](OCc2ccccc2)[C@H]1O. The molecule has 1 aromatic rings. The first kappa shape index (κ1) is 14.4. The lowest BCUT2D eigenvalue weighted by Gasteiger charge is -2.39. The molecule has 2 rings (SSSR count). The zero-order chi connectivity index (χ0) is 13.8. The molecule has 6 heteroatoms. The fraction of sp³-hybridized carbons (Fsp3) is 0.538. The summed E-state index contributed by atoms with van der Waals surface area (Å²) in [5.41, 5.74) is 0.878. The van der Waals surface area contributed by atoms with Gasteiger partial charge >= 0.3 is 0 Å². The van der Waals surface area contributed by atoms with Crippen LogP contribution in [0.2, 0.25) is 0 Å². The van der Waals surface area contributed by atoms with E-state index in [9.17, 15) is 15.3 Å². The predicted molar refractivity (Wildman–Crippen MR) is 65.0 cm³/mol. The first-order valence-corrected chi connectivity index (χ1v) is 6.09. The molecule has 5 atom stereocenters. The quantitative estimate of drug-likeness (QED) is 0.560. The number of benzene rings is 1. The molecule has 0 saturated carbocycles. The maximum Gasteiger partial charge on any atom is 0.184 e. The normalized spacial score (nSPS) is 35.3. The van der Waals surface area contributed by atoms with Crippen molar-refractivity contribution in [3.63, 3.8) is 0 Å². The van der Waals surface area contributed by atoms with Gasteiger partial charge in [0.1, 0.15) is 24.4 Å². The van der Waals surface area contributed by atoms with Gasteiger partial charge in [0.15, 0.2) is 6.29 Å². The largest absolute Gasteiger partial charge is 0.394 e. The molecule has 1 aliphatic heterocycles. The number of aliphatic hydroxyl groups is 4. The third-order valence-corrected chi connectivity index (χ3v) is 3.13. The lowest BCUT2D eigenvalue weighted by atomic mass is 9.99. The summed E-state index contributed by atoms with van der Waals surface area (Å²) in [6.45, 7) is -0.277. The minimum Gasteiger partial charge on any atom is -0.394 e. The van der Waals surface area contributed by atoms with Crippen molar-refractivity contribution < 1.29 is 29.9 Å². The van der Waals surface area contributed by atoms with E-state index in [2.05, 4.69) is 0 Å². The van der Waals surface area contributed by atoms with Crippen molar-refractivity contribution in [2.45, 2.75) is 37.3 Å². The molecule has 0 amide bonds. The van der Waals surface area contributed by atoms with Crippen molar-refractivity contribution in [3.8, 4) is 0 Å². The summed E-state index contributed by atoms with van der Waals surface area (Å²) in [5.74, 6) is 0. The number of rotatable bonds is 4. The van der Waals surface area contributed by atoms with Gasteiger partial charge in [0.05, 0.1) is 13.2 Å². The Kier molecular flexibility index (Phi) is 4.87. The fourth-order valence-corrected chi connectivity index (χ4v) is 2.03. The van der Waals surface area contributed by atoms with Crippen LogP contribution in [0.4, 0.5) is 0 Å². The Morgan fingerprint density at radius 1 is 1.05 bits per heavy atom. The van der Waals surface area contributed by atoms with Gasteiger partial charge in [-0.25, -0.2) is 0 Å². The van der Waals surface area contributed by atoms with Crippen LogP contribution in [-0.4, -0.2) is 57.7 Å². The van der Waals surface area contributed by atoms with Crippen molar-refractivity contribution >= 4 is 0 Å². The minimum atomic E-state index is -1.48. The first-order valence-electron chi connectivity index (χ1n) is 6.09. The Labute approximate surface area is 110 Å². The topological polar surface area (TPSA) is 99.4 Å². The number of ether oxygens (including phenoxy) is 2. The number of hydrogen-bond acceptors (Lipinski definition) is 6.